The van der Waals surface area contributed by atoms with Crippen molar-refractivity contribution in [3.05, 3.63) is 0 Å². The maximum absolute atomic E-state index is 10.7. The summed E-state index contributed by atoms with van der Waals surface area (Å²) in [4.78, 5) is 0. The van der Waals surface area contributed by atoms with Crippen LogP contribution in [0.15, 0.2) is 0 Å². The molecule has 0 amide bonds. The average Bonchev–Trinajstić information content (AvgIpc) is 2.79. The molecule has 1 aliphatic heterocycles. The highest BCUT2D eigenvalue weighted by atomic mass is 28.4. The van der Waals surface area contributed by atoms with Gasteiger partial charge in [-0.3, -0.25) is 0 Å². The molecule has 2 aliphatic rings. The lowest BCUT2D eigenvalue weighted by Gasteiger charge is -2.45. The highest BCUT2D eigenvalue weighted by Gasteiger charge is 2.45. The second kappa shape index (κ2) is 11.6. The van der Waals surface area contributed by atoms with E-state index in [2.05, 4.69) is 33.9 Å². The average molecular weight is 431 g/mol. The van der Waals surface area contributed by atoms with E-state index < -0.39 is 8.32 Å². The van der Waals surface area contributed by atoms with Crippen molar-refractivity contribution in [3.63, 3.8) is 0 Å². The fourth-order valence-electron chi connectivity index (χ4n) is 4.31. The Bertz CT molecular complexity index is 465. The molecule has 5 nitrogen and oxygen atoms in total. The molecule has 2 rings (SSSR count). The molecule has 172 valence electrons. The van der Waals surface area contributed by atoms with Crippen molar-refractivity contribution in [2.75, 3.05) is 26.4 Å². The number of aliphatic hydroxyl groups excluding tert-OH is 1. The third-order valence-electron chi connectivity index (χ3n) is 7.11. The molecular formula is C23H46O5Si. The van der Waals surface area contributed by atoms with Crippen molar-refractivity contribution in [1.82, 2.24) is 0 Å². The summed E-state index contributed by atoms with van der Waals surface area (Å²) in [6.45, 7) is 16.3. The smallest absolute Gasteiger partial charge is 0.192 e. The first-order valence-corrected chi connectivity index (χ1v) is 14.7. The molecule has 0 aromatic heterocycles. The summed E-state index contributed by atoms with van der Waals surface area (Å²) < 4.78 is 24.3. The largest absolute Gasteiger partial charge is 0.414 e. The van der Waals surface area contributed by atoms with E-state index >= 15 is 0 Å². The molecule has 1 heterocycles. The fourth-order valence-corrected chi connectivity index (χ4v) is 5.71. The molecule has 29 heavy (non-hydrogen) atoms. The first-order valence-electron chi connectivity index (χ1n) is 11.8. The standard InChI is InChI=1S/C23H46O5Si/c1-7-25-16-17-26-15-9-12-22-19(24)14-13-18-20(27-22)10-8-11-21(18)28-29(5,6)23(2,3)4/h18-22,24H,7-17H2,1-6H3/t18-,19+,20+,21-,22-/m1/s1. The van der Waals surface area contributed by atoms with Crippen LogP contribution in [0.25, 0.3) is 0 Å². The molecule has 2 fully saturated rings. The lowest BCUT2D eigenvalue weighted by Crippen LogP contribution is -2.49. The van der Waals surface area contributed by atoms with E-state index in [4.69, 9.17) is 18.6 Å². The number of ether oxygens (including phenoxy) is 3. The molecular weight excluding hydrogens is 384 g/mol. The SMILES string of the molecule is CCOCCOCCC[C@H]1O[C@H]2CCC[C@@H](O[Si](C)(C)C(C)(C)C)[C@@H]2CC[C@@H]1O. The van der Waals surface area contributed by atoms with E-state index in [9.17, 15) is 5.11 Å². The maximum atomic E-state index is 10.7. The van der Waals surface area contributed by atoms with Crippen LogP contribution in [-0.2, 0) is 18.6 Å². The summed E-state index contributed by atoms with van der Waals surface area (Å²) in [6.07, 6.45) is 7.01. The van der Waals surface area contributed by atoms with Gasteiger partial charge in [0.05, 0.1) is 37.6 Å². The molecule has 0 aromatic carbocycles. The lowest BCUT2D eigenvalue weighted by atomic mass is 9.81. The van der Waals surface area contributed by atoms with E-state index in [1.54, 1.807) is 0 Å². The predicted octanol–water partition coefficient (Wildman–Crippen LogP) is 4.92. The summed E-state index contributed by atoms with van der Waals surface area (Å²) in [5.41, 5.74) is 0. The van der Waals surface area contributed by atoms with Crippen molar-refractivity contribution in [2.24, 2.45) is 5.92 Å². The van der Waals surface area contributed by atoms with Gasteiger partial charge in [-0.2, -0.15) is 0 Å². The van der Waals surface area contributed by atoms with Gasteiger partial charge in [-0.1, -0.05) is 20.8 Å². The molecule has 1 aliphatic carbocycles. The zero-order valence-corrected chi connectivity index (χ0v) is 20.7. The van der Waals surface area contributed by atoms with Crippen molar-refractivity contribution >= 4 is 8.32 Å². The van der Waals surface area contributed by atoms with Crippen LogP contribution in [0.4, 0.5) is 0 Å². The second-order valence-electron chi connectivity index (χ2n) is 10.3. The second-order valence-corrected chi connectivity index (χ2v) is 15.1. The van der Waals surface area contributed by atoms with E-state index in [0.717, 1.165) is 51.6 Å². The Hall–Kier alpha value is 0.0169. The minimum atomic E-state index is -1.80. The molecule has 0 spiro atoms. The van der Waals surface area contributed by atoms with Gasteiger partial charge in [-0.05, 0) is 70.0 Å². The monoisotopic (exact) mass is 430 g/mol. The van der Waals surface area contributed by atoms with Crippen LogP contribution >= 0.6 is 0 Å². The fraction of sp³-hybridized carbons (Fsp3) is 1.00. The summed E-state index contributed by atoms with van der Waals surface area (Å²) in [5.74, 6) is 0.417. The Morgan fingerprint density at radius 2 is 1.72 bits per heavy atom. The molecule has 1 saturated heterocycles. The maximum Gasteiger partial charge on any atom is 0.192 e. The van der Waals surface area contributed by atoms with E-state index in [0.29, 0.717) is 25.7 Å². The van der Waals surface area contributed by atoms with Crippen LogP contribution in [0, 0.1) is 5.92 Å². The Morgan fingerprint density at radius 3 is 2.41 bits per heavy atom. The molecule has 0 bridgehead atoms. The summed E-state index contributed by atoms with van der Waals surface area (Å²) in [6, 6.07) is 0. The van der Waals surface area contributed by atoms with E-state index in [-0.39, 0.29) is 29.5 Å². The number of hydrogen-bond donors (Lipinski definition) is 1. The van der Waals surface area contributed by atoms with E-state index in [1.165, 1.54) is 0 Å². The molecule has 5 atom stereocenters. The highest BCUT2D eigenvalue weighted by Crippen LogP contribution is 2.43. The minimum absolute atomic E-state index is 0.0767. The zero-order valence-electron chi connectivity index (χ0n) is 19.7. The van der Waals surface area contributed by atoms with Crippen molar-refractivity contribution < 1.29 is 23.7 Å². The number of hydrogen-bond acceptors (Lipinski definition) is 5. The van der Waals surface area contributed by atoms with Gasteiger partial charge in [0.15, 0.2) is 8.32 Å². The number of rotatable bonds is 10. The quantitative estimate of drug-likeness (QED) is 0.394. The van der Waals surface area contributed by atoms with Crippen LogP contribution in [0.1, 0.15) is 72.6 Å². The Morgan fingerprint density at radius 1 is 1.00 bits per heavy atom. The van der Waals surface area contributed by atoms with Gasteiger partial charge in [0.2, 0.25) is 0 Å². The van der Waals surface area contributed by atoms with Crippen molar-refractivity contribution in [1.29, 1.82) is 0 Å². The Kier molecular flexibility index (Phi) is 10.1. The van der Waals surface area contributed by atoms with Crippen LogP contribution < -0.4 is 0 Å². The van der Waals surface area contributed by atoms with Gasteiger partial charge >= 0.3 is 0 Å². The summed E-state index contributed by atoms with van der Waals surface area (Å²) in [5, 5.41) is 10.9. The van der Waals surface area contributed by atoms with Gasteiger partial charge in [0, 0.05) is 19.1 Å². The van der Waals surface area contributed by atoms with Gasteiger partial charge in [0.1, 0.15) is 0 Å². The minimum Gasteiger partial charge on any atom is -0.414 e. The van der Waals surface area contributed by atoms with Gasteiger partial charge in [-0.25, -0.2) is 0 Å². The molecule has 6 heteroatoms. The third kappa shape index (κ3) is 7.58. The molecule has 0 aromatic rings. The van der Waals surface area contributed by atoms with Crippen molar-refractivity contribution in [2.45, 2.75) is 115 Å². The molecule has 0 radical (unpaired) electrons. The van der Waals surface area contributed by atoms with Crippen LogP contribution in [-0.4, -0.2) is 64.3 Å². The van der Waals surface area contributed by atoms with E-state index in [1.807, 2.05) is 6.92 Å². The first-order chi connectivity index (χ1) is 13.7. The topological polar surface area (TPSA) is 57.2 Å². The van der Waals surface area contributed by atoms with Crippen LogP contribution in [0.3, 0.4) is 0 Å². The Labute approximate surface area is 180 Å². The lowest BCUT2D eigenvalue weighted by molar-refractivity contribution is -0.110. The third-order valence-corrected chi connectivity index (χ3v) is 11.6. The van der Waals surface area contributed by atoms with Crippen LogP contribution in [0.2, 0.25) is 18.1 Å². The first kappa shape index (κ1) is 25.3. The van der Waals surface area contributed by atoms with Gasteiger partial charge in [-0.15, -0.1) is 0 Å². The number of aliphatic hydroxyl groups is 1. The van der Waals surface area contributed by atoms with Gasteiger partial charge < -0.3 is 23.7 Å². The molecule has 0 unspecified atom stereocenters. The summed E-state index contributed by atoms with van der Waals surface area (Å²) >= 11 is 0. The molecule has 1 saturated carbocycles. The van der Waals surface area contributed by atoms with Crippen molar-refractivity contribution in [3.8, 4) is 0 Å². The number of fused-ring (bicyclic) bond motifs is 1. The zero-order chi connectivity index (χ0) is 21.5. The highest BCUT2D eigenvalue weighted by molar-refractivity contribution is 6.74. The Balaban J connectivity index is 1.86. The molecule has 1 N–H and O–H groups in total. The summed E-state index contributed by atoms with van der Waals surface area (Å²) in [7, 11) is -1.80. The van der Waals surface area contributed by atoms with Gasteiger partial charge in [0.25, 0.3) is 0 Å². The predicted molar refractivity (Wildman–Crippen MR) is 120 cm³/mol. The normalized spacial score (nSPS) is 31.3. The van der Waals surface area contributed by atoms with Crippen LogP contribution in [0.5, 0.6) is 0 Å².